The lowest BCUT2D eigenvalue weighted by atomic mass is 9.92. The van der Waals surface area contributed by atoms with Gasteiger partial charge in [-0.15, -0.1) is 0 Å². The first-order chi connectivity index (χ1) is 15.9. The van der Waals surface area contributed by atoms with Gasteiger partial charge in [0.15, 0.2) is 16.6 Å². The Kier molecular flexibility index (Phi) is 11.2. The van der Waals surface area contributed by atoms with Crippen LogP contribution in [0.25, 0.3) is 5.57 Å². The molecule has 0 aliphatic heterocycles. The molecular weight excluding hydrogens is 497 g/mol. The molecule has 0 aliphatic rings. The van der Waals surface area contributed by atoms with Gasteiger partial charge in [-0.1, -0.05) is 26.8 Å². The number of carboxylic acids is 2. The third-order valence-electron chi connectivity index (χ3n) is 5.16. The van der Waals surface area contributed by atoms with Gasteiger partial charge < -0.3 is 23.2 Å². The van der Waals surface area contributed by atoms with Crippen LogP contribution in [0.3, 0.4) is 0 Å². The molecule has 0 saturated carbocycles. The van der Waals surface area contributed by atoms with Crippen LogP contribution in [0.2, 0.25) is 51.9 Å². The van der Waals surface area contributed by atoms with Gasteiger partial charge in [0, 0.05) is 0 Å². The summed E-state index contributed by atoms with van der Waals surface area (Å²) < 4.78 is 19.3. The summed E-state index contributed by atoms with van der Waals surface area (Å²) in [4.78, 5) is 23.1. The van der Waals surface area contributed by atoms with Gasteiger partial charge in [-0.2, -0.15) is 0 Å². The highest BCUT2D eigenvalue weighted by Gasteiger charge is 2.41. The quantitative estimate of drug-likeness (QED) is 0.122. The van der Waals surface area contributed by atoms with Gasteiger partial charge in [-0.3, -0.25) is 0 Å². The van der Waals surface area contributed by atoms with Crippen LogP contribution in [0.15, 0.2) is 23.8 Å². The first-order valence-corrected chi connectivity index (χ1v) is 21.6. The molecule has 0 amide bonds. The van der Waals surface area contributed by atoms with Gasteiger partial charge in [0.1, 0.15) is 11.3 Å². The van der Waals surface area contributed by atoms with Crippen molar-refractivity contribution < 1.29 is 32.8 Å². The molecular formula is C25H44O7Si3. The van der Waals surface area contributed by atoms with Crippen molar-refractivity contribution in [2.75, 3.05) is 6.61 Å². The molecule has 35 heavy (non-hydrogen) atoms. The molecule has 2 N–H and O–H groups in total. The number of benzene rings is 1. The number of aryl methyl sites for hydroxylation is 1. The Morgan fingerprint density at radius 2 is 1.43 bits per heavy atom. The van der Waals surface area contributed by atoms with Crippen molar-refractivity contribution in [3.05, 3.63) is 34.9 Å². The third kappa shape index (κ3) is 10.4. The van der Waals surface area contributed by atoms with Crippen molar-refractivity contribution in [1.29, 1.82) is 0 Å². The summed E-state index contributed by atoms with van der Waals surface area (Å²) in [5.41, 5.74) is 1.23. The Hall–Kier alpha value is -1.73. The molecule has 1 unspecified atom stereocenters. The summed E-state index contributed by atoms with van der Waals surface area (Å²) in [6.45, 7) is 21.7. The number of ether oxygens (including phenoxy) is 1. The average molecular weight is 541 g/mol. The fourth-order valence-corrected chi connectivity index (χ4v) is 17.4. The van der Waals surface area contributed by atoms with Crippen molar-refractivity contribution in [2.45, 2.75) is 85.5 Å². The molecule has 1 aromatic carbocycles. The maximum absolute atomic E-state index is 11.6. The number of hydrogen-bond acceptors (Lipinski definition) is 5. The summed E-state index contributed by atoms with van der Waals surface area (Å²) in [5, 5.41) is 18.9. The lowest BCUT2D eigenvalue weighted by Crippen LogP contribution is -2.53. The molecule has 0 aromatic heterocycles. The maximum atomic E-state index is 11.6. The SMILES string of the molecule is CCC(=C(C(=O)O)C(=O)O)c1ccc(OCC(C)C[Si](C)(O[Si](C)(C)C)O[Si](C)(C)C)cc1CC. The molecule has 1 aromatic rings. The molecule has 0 radical (unpaired) electrons. The molecule has 1 atom stereocenters. The predicted octanol–water partition coefficient (Wildman–Crippen LogP) is 6.37. The molecule has 10 heteroatoms. The predicted molar refractivity (Wildman–Crippen MR) is 148 cm³/mol. The second-order valence-electron chi connectivity index (χ2n) is 11.2. The minimum Gasteiger partial charge on any atom is -0.493 e. The topological polar surface area (TPSA) is 102 Å². The van der Waals surface area contributed by atoms with Crippen molar-refractivity contribution in [3.8, 4) is 5.75 Å². The van der Waals surface area contributed by atoms with Crippen LogP contribution in [-0.2, 0) is 24.2 Å². The molecule has 0 bridgehead atoms. The van der Waals surface area contributed by atoms with E-state index in [9.17, 15) is 19.8 Å². The third-order valence-corrected chi connectivity index (χ3v) is 15.0. The minimum atomic E-state index is -2.38. The molecule has 0 aliphatic carbocycles. The highest BCUT2D eigenvalue weighted by molar-refractivity contribution is 6.87. The lowest BCUT2D eigenvalue weighted by molar-refractivity contribution is -0.140. The average Bonchev–Trinajstić information content (AvgIpc) is 2.66. The zero-order valence-corrected chi connectivity index (χ0v) is 26.1. The number of hydrogen-bond donors (Lipinski definition) is 2. The molecule has 0 heterocycles. The van der Waals surface area contributed by atoms with Gasteiger partial charge in [-0.25, -0.2) is 9.59 Å². The van der Waals surface area contributed by atoms with E-state index in [0.29, 0.717) is 36.3 Å². The Labute approximate surface area is 214 Å². The van der Waals surface area contributed by atoms with Gasteiger partial charge in [0.25, 0.3) is 0 Å². The Morgan fingerprint density at radius 1 is 0.914 bits per heavy atom. The van der Waals surface area contributed by atoms with E-state index in [-0.39, 0.29) is 5.92 Å². The van der Waals surface area contributed by atoms with E-state index < -0.39 is 42.7 Å². The number of carbonyl (C=O) groups is 2. The van der Waals surface area contributed by atoms with Crippen molar-refractivity contribution in [2.24, 2.45) is 5.92 Å². The van der Waals surface area contributed by atoms with Crippen LogP contribution < -0.4 is 4.74 Å². The van der Waals surface area contributed by atoms with Crippen LogP contribution in [0.5, 0.6) is 5.75 Å². The first kappa shape index (κ1) is 31.3. The maximum Gasteiger partial charge on any atom is 0.343 e. The molecule has 0 saturated heterocycles. The fourth-order valence-electron chi connectivity index (χ4n) is 4.43. The van der Waals surface area contributed by atoms with Gasteiger partial charge in [0.05, 0.1) is 6.61 Å². The summed E-state index contributed by atoms with van der Waals surface area (Å²) in [5.74, 6) is -1.96. The molecule has 1 rings (SSSR count). The number of allylic oxidation sites excluding steroid dienone is 1. The summed E-state index contributed by atoms with van der Waals surface area (Å²) in [6, 6.07) is 6.27. The normalized spacial score (nSPS) is 13.3. The second kappa shape index (κ2) is 12.5. The zero-order valence-electron chi connectivity index (χ0n) is 23.1. The Balaban J connectivity index is 3.11. The highest BCUT2D eigenvalue weighted by Crippen LogP contribution is 2.31. The van der Waals surface area contributed by atoms with Crippen LogP contribution in [-0.4, -0.2) is 54.0 Å². The molecule has 0 fully saturated rings. The summed E-state index contributed by atoms with van der Waals surface area (Å²) in [6.07, 6.45) is 0.923. The molecule has 7 nitrogen and oxygen atoms in total. The van der Waals surface area contributed by atoms with Crippen LogP contribution in [0.4, 0.5) is 0 Å². The van der Waals surface area contributed by atoms with Crippen LogP contribution in [0.1, 0.15) is 38.3 Å². The first-order valence-electron chi connectivity index (χ1n) is 12.3. The largest absolute Gasteiger partial charge is 0.493 e. The van der Waals surface area contributed by atoms with Crippen LogP contribution >= 0.6 is 0 Å². The number of carboxylic acid groups (broad SMARTS) is 2. The van der Waals surface area contributed by atoms with Gasteiger partial charge in [-0.05, 0) is 99.5 Å². The number of aliphatic carboxylic acids is 2. The molecule has 0 spiro atoms. The highest BCUT2D eigenvalue weighted by atomic mass is 28.5. The van der Waals surface area contributed by atoms with E-state index in [2.05, 4.69) is 52.8 Å². The fraction of sp³-hybridized carbons (Fsp3) is 0.600. The van der Waals surface area contributed by atoms with E-state index in [4.69, 9.17) is 13.0 Å². The van der Waals surface area contributed by atoms with E-state index in [1.807, 2.05) is 13.0 Å². The van der Waals surface area contributed by atoms with E-state index in [1.54, 1.807) is 19.1 Å². The lowest BCUT2D eigenvalue weighted by Gasteiger charge is -2.39. The zero-order chi connectivity index (χ0) is 27.2. The molecule has 198 valence electrons. The summed E-state index contributed by atoms with van der Waals surface area (Å²) in [7, 11) is -5.93. The standard InChI is InChI=1S/C25H44O7Si3/c1-11-19-15-20(13-14-22(19)21(12-2)23(24(26)27)25(28)29)30-16-18(3)17-35(10,31-33(4,5)6)32-34(7,8)9/h13-15,18H,11-12,16-17H2,1-10H3,(H,26,27)(H,28,29). The second-order valence-corrected chi connectivity index (χ2v) is 23.9. The Bertz CT molecular complexity index is 898. The van der Waals surface area contributed by atoms with Gasteiger partial charge in [0.2, 0.25) is 0 Å². The van der Waals surface area contributed by atoms with Crippen LogP contribution in [0, 0.1) is 5.92 Å². The van der Waals surface area contributed by atoms with E-state index in [1.165, 1.54) is 0 Å². The minimum absolute atomic E-state index is 0.223. The monoisotopic (exact) mass is 540 g/mol. The number of rotatable bonds is 14. The van der Waals surface area contributed by atoms with E-state index in [0.717, 1.165) is 11.6 Å². The smallest absolute Gasteiger partial charge is 0.343 e. The van der Waals surface area contributed by atoms with Crippen molar-refractivity contribution in [3.63, 3.8) is 0 Å². The summed E-state index contributed by atoms with van der Waals surface area (Å²) >= 11 is 0. The van der Waals surface area contributed by atoms with Crippen molar-refractivity contribution in [1.82, 2.24) is 0 Å². The Morgan fingerprint density at radius 3 is 1.83 bits per heavy atom. The van der Waals surface area contributed by atoms with E-state index >= 15 is 0 Å². The van der Waals surface area contributed by atoms with Crippen molar-refractivity contribution >= 4 is 42.7 Å². The van der Waals surface area contributed by atoms with Gasteiger partial charge >= 0.3 is 20.5 Å².